The summed E-state index contributed by atoms with van der Waals surface area (Å²) in [6, 6.07) is 6.15. The third-order valence-electron chi connectivity index (χ3n) is 4.50. The second-order valence-electron chi connectivity index (χ2n) is 5.87. The fourth-order valence-corrected chi connectivity index (χ4v) is 3.04. The summed E-state index contributed by atoms with van der Waals surface area (Å²) in [6.07, 6.45) is 2.39. The first-order valence-corrected chi connectivity index (χ1v) is 7.36. The molecule has 2 atom stereocenters. The highest BCUT2D eigenvalue weighted by atomic mass is 16.7. The first-order valence-electron chi connectivity index (χ1n) is 7.36. The molecule has 2 fully saturated rings. The van der Waals surface area contributed by atoms with Crippen LogP contribution in [0.5, 0.6) is 5.75 Å². The number of hydrogen-bond donors (Lipinski definition) is 1. The van der Waals surface area contributed by atoms with Gasteiger partial charge >= 0.3 is 0 Å². The van der Waals surface area contributed by atoms with E-state index in [-0.39, 0.29) is 12.1 Å². The number of benzene rings is 1. The molecule has 2 aliphatic rings. The third kappa shape index (κ3) is 2.55. The molecule has 2 unspecified atom stereocenters. The summed E-state index contributed by atoms with van der Waals surface area (Å²) in [5.74, 6) is 0.457. The molecule has 0 aromatic heterocycles. The topological polar surface area (TPSA) is 53.7 Å². The van der Waals surface area contributed by atoms with E-state index in [1.54, 1.807) is 0 Å². The maximum Gasteiger partial charge on any atom is 0.172 e. The summed E-state index contributed by atoms with van der Waals surface area (Å²) >= 11 is 0. The lowest BCUT2D eigenvalue weighted by molar-refractivity contribution is -0.195. The third-order valence-corrected chi connectivity index (χ3v) is 4.50. The van der Waals surface area contributed by atoms with Crippen molar-refractivity contribution in [3.63, 3.8) is 0 Å². The molecule has 1 spiro atoms. The zero-order valence-corrected chi connectivity index (χ0v) is 12.2. The normalized spacial score (nSPS) is 28.8. The number of aryl methyl sites for hydroxylation is 1. The van der Waals surface area contributed by atoms with Crippen molar-refractivity contribution in [2.45, 2.75) is 51.0 Å². The Bertz CT molecular complexity index is 483. The fourth-order valence-electron chi connectivity index (χ4n) is 3.04. The van der Waals surface area contributed by atoms with Crippen molar-refractivity contribution in [3.8, 4) is 5.75 Å². The molecule has 20 heavy (non-hydrogen) atoms. The van der Waals surface area contributed by atoms with Gasteiger partial charge in [-0.25, -0.2) is 0 Å². The molecule has 1 aromatic carbocycles. The Balaban J connectivity index is 1.76. The van der Waals surface area contributed by atoms with Gasteiger partial charge in [-0.1, -0.05) is 12.1 Å². The SMILES string of the molecule is Cc1cccc(OC2CC3(CCC2N)OCCO3)c1C. The zero-order chi connectivity index (χ0) is 14.2. The molecule has 1 heterocycles. The van der Waals surface area contributed by atoms with Crippen molar-refractivity contribution < 1.29 is 14.2 Å². The molecule has 1 aliphatic carbocycles. The second-order valence-corrected chi connectivity index (χ2v) is 5.87. The molecular weight excluding hydrogens is 254 g/mol. The highest BCUT2D eigenvalue weighted by Crippen LogP contribution is 2.37. The first kappa shape index (κ1) is 13.9. The predicted octanol–water partition coefficient (Wildman–Crippen LogP) is 2.31. The molecule has 110 valence electrons. The van der Waals surface area contributed by atoms with Crippen LogP contribution in [0.4, 0.5) is 0 Å². The minimum Gasteiger partial charge on any atom is -0.488 e. The lowest BCUT2D eigenvalue weighted by Crippen LogP contribution is -2.51. The van der Waals surface area contributed by atoms with Crippen LogP contribution in [0.2, 0.25) is 0 Å². The minimum absolute atomic E-state index is 0.0355. The Hall–Kier alpha value is -1.10. The van der Waals surface area contributed by atoms with Crippen LogP contribution in [-0.2, 0) is 9.47 Å². The number of hydrogen-bond acceptors (Lipinski definition) is 4. The maximum absolute atomic E-state index is 6.23. The zero-order valence-electron chi connectivity index (χ0n) is 12.2. The van der Waals surface area contributed by atoms with Crippen LogP contribution in [-0.4, -0.2) is 31.1 Å². The summed E-state index contributed by atoms with van der Waals surface area (Å²) < 4.78 is 17.8. The minimum atomic E-state index is -0.460. The molecule has 1 aliphatic heterocycles. The van der Waals surface area contributed by atoms with E-state index in [9.17, 15) is 0 Å². The summed E-state index contributed by atoms with van der Waals surface area (Å²) in [4.78, 5) is 0. The quantitative estimate of drug-likeness (QED) is 0.901. The fraction of sp³-hybridized carbons (Fsp3) is 0.625. The van der Waals surface area contributed by atoms with Crippen molar-refractivity contribution in [1.82, 2.24) is 0 Å². The van der Waals surface area contributed by atoms with Crippen LogP contribution in [0, 0.1) is 13.8 Å². The molecule has 4 heteroatoms. The number of rotatable bonds is 2. The largest absolute Gasteiger partial charge is 0.488 e. The Labute approximate surface area is 120 Å². The van der Waals surface area contributed by atoms with E-state index in [1.165, 1.54) is 11.1 Å². The molecule has 1 saturated heterocycles. The van der Waals surface area contributed by atoms with Gasteiger partial charge in [-0.05, 0) is 37.5 Å². The van der Waals surface area contributed by atoms with Gasteiger partial charge in [0.15, 0.2) is 5.79 Å². The van der Waals surface area contributed by atoms with Crippen LogP contribution in [0.3, 0.4) is 0 Å². The van der Waals surface area contributed by atoms with Gasteiger partial charge in [-0.2, -0.15) is 0 Å². The van der Waals surface area contributed by atoms with Gasteiger partial charge in [0.1, 0.15) is 11.9 Å². The Kier molecular flexibility index (Phi) is 3.71. The van der Waals surface area contributed by atoms with Crippen LogP contribution in [0.15, 0.2) is 18.2 Å². The Morgan fingerprint density at radius 3 is 2.75 bits per heavy atom. The smallest absolute Gasteiger partial charge is 0.172 e. The van der Waals surface area contributed by atoms with Gasteiger partial charge in [0, 0.05) is 18.9 Å². The van der Waals surface area contributed by atoms with Crippen LogP contribution in [0.25, 0.3) is 0 Å². The molecule has 1 saturated carbocycles. The van der Waals surface area contributed by atoms with Gasteiger partial charge in [-0.3, -0.25) is 0 Å². The van der Waals surface area contributed by atoms with Gasteiger partial charge in [0.25, 0.3) is 0 Å². The van der Waals surface area contributed by atoms with Gasteiger partial charge < -0.3 is 19.9 Å². The molecule has 0 radical (unpaired) electrons. The van der Waals surface area contributed by atoms with Gasteiger partial charge in [0.05, 0.1) is 13.2 Å². The van der Waals surface area contributed by atoms with E-state index >= 15 is 0 Å². The van der Waals surface area contributed by atoms with E-state index < -0.39 is 5.79 Å². The lowest BCUT2D eigenvalue weighted by atomic mass is 9.88. The average Bonchev–Trinajstić information content (AvgIpc) is 2.88. The van der Waals surface area contributed by atoms with Crippen LogP contribution >= 0.6 is 0 Å². The summed E-state index contributed by atoms with van der Waals surface area (Å²) in [7, 11) is 0. The molecule has 0 amide bonds. The summed E-state index contributed by atoms with van der Waals surface area (Å²) in [6.45, 7) is 5.52. The molecule has 0 bridgehead atoms. The van der Waals surface area contributed by atoms with E-state index in [0.29, 0.717) is 19.6 Å². The molecule has 3 rings (SSSR count). The highest BCUT2D eigenvalue weighted by Gasteiger charge is 2.45. The summed E-state index contributed by atoms with van der Waals surface area (Å²) in [5.41, 5.74) is 8.63. The Morgan fingerprint density at radius 2 is 2.00 bits per heavy atom. The monoisotopic (exact) mass is 277 g/mol. The van der Waals surface area contributed by atoms with E-state index in [4.69, 9.17) is 19.9 Å². The second kappa shape index (κ2) is 5.35. The average molecular weight is 277 g/mol. The molecule has 2 N–H and O–H groups in total. The standard InChI is InChI=1S/C16H23NO3/c1-11-4-3-5-14(12(11)2)20-15-10-16(7-6-13(15)17)18-8-9-19-16/h3-5,13,15H,6-10,17H2,1-2H3. The first-order chi connectivity index (χ1) is 9.60. The van der Waals surface area contributed by atoms with Crippen LogP contribution in [0.1, 0.15) is 30.4 Å². The predicted molar refractivity (Wildman–Crippen MR) is 76.8 cm³/mol. The Morgan fingerprint density at radius 1 is 1.25 bits per heavy atom. The lowest BCUT2D eigenvalue weighted by Gasteiger charge is -2.39. The van der Waals surface area contributed by atoms with Crippen molar-refractivity contribution in [2.24, 2.45) is 5.73 Å². The van der Waals surface area contributed by atoms with E-state index in [0.717, 1.165) is 18.6 Å². The maximum atomic E-state index is 6.23. The highest BCUT2D eigenvalue weighted by molar-refractivity contribution is 5.38. The summed E-state index contributed by atoms with van der Waals surface area (Å²) in [5, 5.41) is 0. The van der Waals surface area contributed by atoms with Crippen molar-refractivity contribution in [3.05, 3.63) is 29.3 Å². The number of nitrogens with two attached hydrogens (primary N) is 1. The van der Waals surface area contributed by atoms with Gasteiger partial charge in [-0.15, -0.1) is 0 Å². The molecule has 4 nitrogen and oxygen atoms in total. The molecule has 1 aromatic rings. The van der Waals surface area contributed by atoms with Gasteiger partial charge in [0.2, 0.25) is 0 Å². The van der Waals surface area contributed by atoms with Crippen molar-refractivity contribution >= 4 is 0 Å². The van der Waals surface area contributed by atoms with E-state index in [2.05, 4.69) is 19.9 Å². The number of ether oxygens (including phenoxy) is 3. The van der Waals surface area contributed by atoms with Crippen LogP contribution < -0.4 is 10.5 Å². The van der Waals surface area contributed by atoms with E-state index in [1.807, 2.05) is 12.1 Å². The molecular formula is C16H23NO3. The van der Waals surface area contributed by atoms with Crippen molar-refractivity contribution in [2.75, 3.05) is 13.2 Å². The van der Waals surface area contributed by atoms with Crippen molar-refractivity contribution in [1.29, 1.82) is 0 Å².